The van der Waals surface area contributed by atoms with Crippen molar-refractivity contribution in [2.75, 3.05) is 37.6 Å². The Morgan fingerprint density at radius 2 is 1.79 bits per heavy atom. The number of aromatic hydroxyl groups is 1. The molecule has 0 saturated carbocycles. The van der Waals surface area contributed by atoms with Gasteiger partial charge >= 0.3 is 5.69 Å². The lowest BCUT2D eigenvalue weighted by molar-refractivity contribution is 0.250. The Kier molecular flexibility index (Phi) is 5.40. The zero-order valence-electron chi connectivity index (χ0n) is 16.2. The molecule has 2 aromatic rings. The maximum absolute atomic E-state index is 12.3. The quantitative estimate of drug-likeness (QED) is 0.772. The average Bonchev–Trinajstić information content (AvgIpc) is 3.30. The lowest BCUT2D eigenvalue weighted by Gasteiger charge is -2.36. The first-order valence-corrected chi connectivity index (χ1v) is 10.2. The number of benzene rings is 1. The highest BCUT2D eigenvalue weighted by molar-refractivity contribution is 5.59. The number of para-hydroxylation sites is 1. The summed E-state index contributed by atoms with van der Waals surface area (Å²) in [5.74, 6) is 0.173. The molecule has 0 amide bonds. The minimum absolute atomic E-state index is 0.0604. The van der Waals surface area contributed by atoms with E-state index < -0.39 is 0 Å². The maximum Gasteiger partial charge on any atom is 0.331 e. The zero-order chi connectivity index (χ0) is 19.5. The minimum Gasteiger partial charge on any atom is -0.493 e. The topological polar surface area (TPSA) is 77.4 Å². The number of nitriles is 1. The molecular weight excluding hydrogens is 354 g/mol. The molecule has 2 aliphatic heterocycles. The van der Waals surface area contributed by atoms with Crippen LogP contribution in [0.15, 0.2) is 29.1 Å². The number of hydrogen-bond acceptors (Lipinski definition) is 5. The number of hydrogen-bond donors (Lipinski definition) is 1. The van der Waals surface area contributed by atoms with Gasteiger partial charge in [-0.1, -0.05) is 12.1 Å². The first kappa shape index (κ1) is 18.6. The van der Waals surface area contributed by atoms with Crippen LogP contribution >= 0.6 is 0 Å². The standard InChI is InChI=1S/C21H27N5O2/c22-16-17-6-1-2-7-18(17)24-14-12-23(13-15-24)9-3-4-10-26-20(27)19-8-5-11-25(19)21(26)28/h1-2,6-7,27H,3-5,8-15H2. The van der Waals surface area contributed by atoms with Crippen molar-refractivity contribution in [2.45, 2.75) is 38.8 Å². The van der Waals surface area contributed by atoms with E-state index in [4.69, 9.17) is 0 Å². The van der Waals surface area contributed by atoms with Crippen LogP contribution in [0.4, 0.5) is 5.69 Å². The molecule has 0 aliphatic carbocycles. The van der Waals surface area contributed by atoms with Crippen molar-refractivity contribution in [3.8, 4) is 11.9 Å². The van der Waals surface area contributed by atoms with Gasteiger partial charge in [-0.05, 0) is 44.4 Å². The molecule has 3 heterocycles. The van der Waals surface area contributed by atoms with E-state index in [1.165, 1.54) is 4.57 Å². The normalized spacial score (nSPS) is 16.9. The number of aromatic nitrogens is 2. The highest BCUT2D eigenvalue weighted by atomic mass is 16.3. The second-order valence-corrected chi connectivity index (χ2v) is 7.62. The maximum atomic E-state index is 12.3. The first-order valence-electron chi connectivity index (χ1n) is 10.2. The molecule has 7 heteroatoms. The lowest BCUT2D eigenvalue weighted by atomic mass is 10.1. The van der Waals surface area contributed by atoms with E-state index in [1.54, 1.807) is 4.57 Å². The number of nitrogens with zero attached hydrogens (tertiary/aromatic N) is 5. The molecule has 1 N–H and O–H groups in total. The van der Waals surface area contributed by atoms with Gasteiger partial charge in [-0.15, -0.1) is 0 Å². The van der Waals surface area contributed by atoms with Gasteiger partial charge in [0.1, 0.15) is 6.07 Å². The predicted molar refractivity (Wildman–Crippen MR) is 108 cm³/mol. The molecule has 1 fully saturated rings. The fraction of sp³-hybridized carbons (Fsp3) is 0.524. The van der Waals surface area contributed by atoms with Crippen LogP contribution in [-0.2, 0) is 19.5 Å². The third-order valence-corrected chi connectivity index (χ3v) is 5.94. The monoisotopic (exact) mass is 381 g/mol. The van der Waals surface area contributed by atoms with Crippen LogP contribution in [0.2, 0.25) is 0 Å². The first-order chi connectivity index (χ1) is 13.7. The second kappa shape index (κ2) is 8.11. The van der Waals surface area contributed by atoms with Gasteiger partial charge in [0.25, 0.3) is 0 Å². The van der Waals surface area contributed by atoms with Crippen LogP contribution in [0.5, 0.6) is 5.88 Å². The van der Waals surface area contributed by atoms with E-state index in [0.717, 1.165) is 81.9 Å². The molecule has 28 heavy (non-hydrogen) atoms. The van der Waals surface area contributed by atoms with Crippen LogP contribution in [0.1, 0.15) is 30.5 Å². The molecule has 1 saturated heterocycles. The van der Waals surface area contributed by atoms with E-state index in [0.29, 0.717) is 6.54 Å². The number of piperazine rings is 1. The Hall–Kier alpha value is -2.72. The third-order valence-electron chi connectivity index (χ3n) is 5.94. The molecule has 1 aromatic carbocycles. The zero-order valence-corrected chi connectivity index (χ0v) is 16.2. The van der Waals surface area contributed by atoms with E-state index in [1.807, 2.05) is 24.3 Å². The fourth-order valence-corrected chi connectivity index (χ4v) is 4.37. The number of unbranched alkanes of at least 4 members (excludes halogenated alkanes) is 1. The summed E-state index contributed by atoms with van der Waals surface area (Å²) in [5.41, 5.74) is 2.51. The molecule has 4 rings (SSSR count). The van der Waals surface area contributed by atoms with Crippen molar-refractivity contribution in [1.29, 1.82) is 5.26 Å². The van der Waals surface area contributed by atoms with Crippen molar-refractivity contribution in [3.05, 3.63) is 46.0 Å². The van der Waals surface area contributed by atoms with E-state index in [9.17, 15) is 15.2 Å². The van der Waals surface area contributed by atoms with Crippen molar-refractivity contribution < 1.29 is 5.11 Å². The summed E-state index contributed by atoms with van der Waals surface area (Å²) in [6.45, 7) is 6.11. The number of anilines is 1. The van der Waals surface area contributed by atoms with Gasteiger partial charge in [0.2, 0.25) is 5.88 Å². The summed E-state index contributed by atoms with van der Waals surface area (Å²) in [4.78, 5) is 17.1. The summed E-state index contributed by atoms with van der Waals surface area (Å²) in [7, 11) is 0. The van der Waals surface area contributed by atoms with Gasteiger partial charge in [0.05, 0.1) is 16.9 Å². The van der Waals surface area contributed by atoms with Crippen LogP contribution in [-0.4, -0.2) is 51.9 Å². The van der Waals surface area contributed by atoms with Gasteiger partial charge in [0.15, 0.2) is 0 Å². The number of fused-ring (bicyclic) bond motifs is 1. The molecule has 148 valence electrons. The van der Waals surface area contributed by atoms with Gasteiger partial charge in [-0.25, -0.2) is 4.79 Å². The van der Waals surface area contributed by atoms with Crippen LogP contribution < -0.4 is 10.6 Å². The Balaban J connectivity index is 1.24. The number of imidazole rings is 1. The fourth-order valence-electron chi connectivity index (χ4n) is 4.37. The highest BCUT2D eigenvalue weighted by Crippen LogP contribution is 2.23. The van der Waals surface area contributed by atoms with E-state index in [-0.39, 0.29) is 11.6 Å². The number of rotatable bonds is 6. The van der Waals surface area contributed by atoms with Crippen molar-refractivity contribution in [3.63, 3.8) is 0 Å². The highest BCUT2D eigenvalue weighted by Gasteiger charge is 2.23. The summed E-state index contributed by atoms with van der Waals surface area (Å²) >= 11 is 0. The van der Waals surface area contributed by atoms with Gasteiger partial charge in [0, 0.05) is 39.3 Å². The van der Waals surface area contributed by atoms with Crippen molar-refractivity contribution in [1.82, 2.24) is 14.0 Å². The molecular formula is C21H27N5O2. The Morgan fingerprint density at radius 3 is 2.54 bits per heavy atom. The molecule has 2 aliphatic rings. The Morgan fingerprint density at radius 1 is 1.04 bits per heavy atom. The van der Waals surface area contributed by atoms with Crippen LogP contribution in [0.25, 0.3) is 0 Å². The summed E-state index contributed by atoms with van der Waals surface area (Å²) in [6, 6.07) is 10.1. The largest absolute Gasteiger partial charge is 0.493 e. The van der Waals surface area contributed by atoms with Crippen LogP contribution in [0.3, 0.4) is 0 Å². The minimum atomic E-state index is -0.0604. The molecule has 0 unspecified atom stereocenters. The van der Waals surface area contributed by atoms with E-state index in [2.05, 4.69) is 15.9 Å². The molecule has 0 radical (unpaired) electrons. The van der Waals surface area contributed by atoms with Crippen molar-refractivity contribution in [2.24, 2.45) is 0 Å². The predicted octanol–water partition coefficient (Wildman–Crippen LogP) is 1.78. The summed E-state index contributed by atoms with van der Waals surface area (Å²) < 4.78 is 3.25. The van der Waals surface area contributed by atoms with Gasteiger partial charge in [-0.3, -0.25) is 14.0 Å². The molecule has 7 nitrogen and oxygen atoms in total. The third kappa shape index (κ3) is 3.52. The summed E-state index contributed by atoms with van der Waals surface area (Å²) in [6.07, 6.45) is 3.63. The molecule has 0 spiro atoms. The summed E-state index contributed by atoms with van der Waals surface area (Å²) in [5, 5.41) is 19.5. The van der Waals surface area contributed by atoms with Gasteiger partial charge in [-0.2, -0.15) is 5.26 Å². The lowest BCUT2D eigenvalue weighted by Crippen LogP contribution is -2.46. The molecule has 0 bridgehead atoms. The second-order valence-electron chi connectivity index (χ2n) is 7.62. The van der Waals surface area contributed by atoms with Gasteiger partial charge < -0.3 is 10.0 Å². The molecule has 1 aromatic heterocycles. The van der Waals surface area contributed by atoms with Crippen LogP contribution in [0, 0.1) is 11.3 Å². The Labute approximate surface area is 165 Å². The smallest absolute Gasteiger partial charge is 0.331 e. The average molecular weight is 381 g/mol. The SMILES string of the molecule is N#Cc1ccccc1N1CCN(CCCCn2c(O)c3n(c2=O)CCC3)CC1. The van der Waals surface area contributed by atoms with E-state index >= 15 is 0 Å². The molecule has 0 atom stereocenters. The van der Waals surface area contributed by atoms with Crippen molar-refractivity contribution >= 4 is 5.69 Å². The Bertz CT molecular complexity index is 931.